The van der Waals surface area contributed by atoms with Crippen LogP contribution >= 0.6 is 11.6 Å². The molecule has 0 aliphatic rings. The fourth-order valence-electron chi connectivity index (χ4n) is 2.67. The van der Waals surface area contributed by atoms with Crippen molar-refractivity contribution in [3.05, 3.63) is 74.4 Å². The van der Waals surface area contributed by atoms with E-state index in [0.29, 0.717) is 21.7 Å². The highest BCUT2D eigenvalue weighted by Gasteiger charge is 2.14. The summed E-state index contributed by atoms with van der Waals surface area (Å²) < 4.78 is 5.28. The molecule has 6 heteroatoms. The van der Waals surface area contributed by atoms with Crippen molar-refractivity contribution in [1.29, 1.82) is 0 Å². The number of amides is 1. The molecule has 122 valence electrons. The summed E-state index contributed by atoms with van der Waals surface area (Å²) in [6.07, 6.45) is 3.10. The molecule has 3 rings (SSSR count). The molecular formula is C18H15ClN2O3. The maximum Gasteiger partial charge on any atom is 0.336 e. The third kappa shape index (κ3) is 3.03. The maximum absolute atomic E-state index is 12.2. The van der Waals surface area contributed by atoms with E-state index < -0.39 is 5.63 Å². The third-order valence-corrected chi connectivity index (χ3v) is 4.43. The molecule has 0 fully saturated rings. The van der Waals surface area contributed by atoms with Gasteiger partial charge in [-0.15, -0.1) is 0 Å². The quantitative estimate of drug-likeness (QED) is 0.740. The zero-order valence-electron chi connectivity index (χ0n) is 13.2. The SMILES string of the molecule is Cc1cc2oc(=O)cc(CNC(=O)c3ccncc3)c2c(C)c1Cl. The van der Waals surface area contributed by atoms with E-state index in [1.54, 1.807) is 30.6 Å². The number of rotatable bonds is 3. The van der Waals surface area contributed by atoms with Gasteiger partial charge in [0.05, 0.1) is 0 Å². The van der Waals surface area contributed by atoms with E-state index in [-0.39, 0.29) is 12.5 Å². The van der Waals surface area contributed by atoms with E-state index in [0.717, 1.165) is 16.5 Å². The summed E-state index contributed by atoms with van der Waals surface area (Å²) in [6.45, 7) is 3.92. The van der Waals surface area contributed by atoms with Crippen LogP contribution in [-0.2, 0) is 6.54 Å². The lowest BCUT2D eigenvalue weighted by Gasteiger charge is -2.12. The molecule has 0 saturated heterocycles. The molecule has 0 aliphatic carbocycles. The predicted octanol–water partition coefficient (Wildman–Crippen LogP) is 3.39. The molecule has 0 spiro atoms. The number of aromatic nitrogens is 1. The summed E-state index contributed by atoms with van der Waals surface area (Å²) in [5, 5.41) is 4.18. The van der Waals surface area contributed by atoms with Crippen molar-refractivity contribution in [3.63, 3.8) is 0 Å². The van der Waals surface area contributed by atoms with Crippen LogP contribution in [0.5, 0.6) is 0 Å². The van der Waals surface area contributed by atoms with Crippen LogP contribution in [0.3, 0.4) is 0 Å². The molecule has 1 amide bonds. The van der Waals surface area contributed by atoms with Gasteiger partial charge >= 0.3 is 5.63 Å². The second-order valence-electron chi connectivity index (χ2n) is 5.51. The van der Waals surface area contributed by atoms with Gasteiger partial charge in [-0.2, -0.15) is 0 Å². The van der Waals surface area contributed by atoms with Gasteiger partial charge in [0.1, 0.15) is 5.58 Å². The molecule has 5 nitrogen and oxygen atoms in total. The van der Waals surface area contributed by atoms with E-state index in [1.165, 1.54) is 6.07 Å². The molecule has 3 aromatic rings. The minimum atomic E-state index is -0.461. The van der Waals surface area contributed by atoms with Crippen LogP contribution in [0.15, 0.2) is 45.9 Å². The predicted molar refractivity (Wildman–Crippen MR) is 92.4 cm³/mol. The molecule has 1 N–H and O–H groups in total. The number of nitrogens with one attached hydrogen (secondary N) is 1. The monoisotopic (exact) mass is 342 g/mol. The normalized spacial score (nSPS) is 10.8. The summed E-state index contributed by atoms with van der Waals surface area (Å²) >= 11 is 6.31. The molecule has 0 atom stereocenters. The van der Waals surface area contributed by atoms with Crippen LogP contribution in [0.25, 0.3) is 11.0 Å². The number of carbonyl (C=O) groups excluding carboxylic acids is 1. The lowest BCUT2D eigenvalue weighted by atomic mass is 10.0. The van der Waals surface area contributed by atoms with Crippen molar-refractivity contribution >= 4 is 28.5 Å². The number of nitrogens with zero attached hydrogens (tertiary/aromatic N) is 1. The Morgan fingerprint density at radius 2 is 1.96 bits per heavy atom. The number of hydrogen-bond acceptors (Lipinski definition) is 4. The molecule has 2 aromatic heterocycles. The van der Waals surface area contributed by atoms with Gasteiger partial charge in [-0.25, -0.2) is 4.79 Å². The van der Waals surface area contributed by atoms with Gasteiger partial charge in [0.15, 0.2) is 0 Å². The Balaban J connectivity index is 1.99. The lowest BCUT2D eigenvalue weighted by Crippen LogP contribution is -2.23. The van der Waals surface area contributed by atoms with Crippen LogP contribution in [0, 0.1) is 13.8 Å². The van der Waals surface area contributed by atoms with Crippen molar-refractivity contribution in [1.82, 2.24) is 10.3 Å². The summed E-state index contributed by atoms with van der Waals surface area (Å²) in [6, 6.07) is 6.37. The average molecular weight is 343 g/mol. The largest absolute Gasteiger partial charge is 0.423 e. The summed E-state index contributed by atoms with van der Waals surface area (Å²) in [5.74, 6) is -0.241. The smallest absolute Gasteiger partial charge is 0.336 e. The first kappa shape index (κ1) is 16.2. The number of fused-ring (bicyclic) bond motifs is 1. The maximum atomic E-state index is 12.2. The Labute approximate surface area is 143 Å². The van der Waals surface area contributed by atoms with Crippen molar-refractivity contribution in [2.45, 2.75) is 20.4 Å². The number of carbonyl (C=O) groups is 1. The fraction of sp³-hybridized carbons (Fsp3) is 0.167. The molecule has 0 saturated carbocycles. The van der Waals surface area contributed by atoms with Crippen molar-refractivity contribution in [2.24, 2.45) is 0 Å². The molecule has 2 heterocycles. The third-order valence-electron chi connectivity index (χ3n) is 3.85. The highest BCUT2D eigenvalue weighted by molar-refractivity contribution is 6.33. The first-order chi connectivity index (χ1) is 11.5. The van der Waals surface area contributed by atoms with E-state index in [9.17, 15) is 9.59 Å². The van der Waals surface area contributed by atoms with E-state index in [4.69, 9.17) is 16.0 Å². The van der Waals surface area contributed by atoms with Crippen molar-refractivity contribution < 1.29 is 9.21 Å². The Bertz CT molecular complexity index is 981. The molecule has 0 bridgehead atoms. The highest BCUT2D eigenvalue weighted by atomic mass is 35.5. The zero-order valence-corrected chi connectivity index (χ0v) is 14.0. The van der Waals surface area contributed by atoms with Gasteiger partial charge in [-0.1, -0.05) is 11.6 Å². The lowest BCUT2D eigenvalue weighted by molar-refractivity contribution is 0.0951. The van der Waals surface area contributed by atoms with Crippen LogP contribution in [0.2, 0.25) is 5.02 Å². The zero-order chi connectivity index (χ0) is 17.3. The Morgan fingerprint density at radius 1 is 1.25 bits per heavy atom. The first-order valence-corrected chi connectivity index (χ1v) is 7.76. The van der Waals surface area contributed by atoms with Crippen LogP contribution in [0.1, 0.15) is 27.0 Å². The van der Waals surface area contributed by atoms with Crippen LogP contribution in [0.4, 0.5) is 0 Å². The standard InChI is InChI=1S/C18H15ClN2O3/c1-10-7-14-16(11(2)17(10)19)13(8-15(22)24-14)9-21-18(23)12-3-5-20-6-4-12/h3-8H,9H2,1-2H3,(H,21,23). The van der Waals surface area contributed by atoms with Gasteiger partial charge in [0.25, 0.3) is 5.91 Å². The summed E-state index contributed by atoms with van der Waals surface area (Å²) in [7, 11) is 0. The highest BCUT2D eigenvalue weighted by Crippen LogP contribution is 2.30. The van der Waals surface area contributed by atoms with Gasteiger partial charge in [-0.3, -0.25) is 9.78 Å². The fourth-order valence-corrected chi connectivity index (χ4v) is 2.82. The number of aryl methyl sites for hydroxylation is 2. The van der Waals surface area contributed by atoms with Gasteiger partial charge in [0.2, 0.25) is 0 Å². The van der Waals surface area contributed by atoms with Crippen molar-refractivity contribution in [3.8, 4) is 0 Å². The minimum Gasteiger partial charge on any atom is -0.423 e. The van der Waals surface area contributed by atoms with Crippen LogP contribution < -0.4 is 10.9 Å². The van der Waals surface area contributed by atoms with Crippen molar-refractivity contribution in [2.75, 3.05) is 0 Å². The minimum absolute atomic E-state index is 0.198. The average Bonchev–Trinajstić information content (AvgIpc) is 2.57. The van der Waals surface area contributed by atoms with E-state index in [1.807, 2.05) is 13.8 Å². The summed E-state index contributed by atoms with van der Waals surface area (Å²) in [4.78, 5) is 27.9. The molecule has 0 aliphatic heterocycles. The second-order valence-corrected chi connectivity index (χ2v) is 5.89. The number of halogens is 1. The number of hydrogen-bond donors (Lipinski definition) is 1. The second kappa shape index (κ2) is 6.45. The Hall–Kier alpha value is -2.66. The van der Waals surface area contributed by atoms with E-state index >= 15 is 0 Å². The Kier molecular flexibility index (Phi) is 4.36. The summed E-state index contributed by atoms with van der Waals surface area (Å²) in [5.41, 5.74) is 2.84. The topological polar surface area (TPSA) is 72.2 Å². The Morgan fingerprint density at radius 3 is 2.67 bits per heavy atom. The van der Waals surface area contributed by atoms with E-state index in [2.05, 4.69) is 10.3 Å². The van der Waals surface area contributed by atoms with Gasteiger partial charge in [0, 0.05) is 41.0 Å². The van der Waals surface area contributed by atoms with Crippen LogP contribution in [-0.4, -0.2) is 10.9 Å². The number of pyridine rings is 1. The first-order valence-electron chi connectivity index (χ1n) is 7.38. The molecule has 0 radical (unpaired) electrons. The van der Waals surface area contributed by atoms with Gasteiger partial charge in [-0.05, 0) is 48.7 Å². The van der Waals surface area contributed by atoms with Gasteiger partial charge < -0.3 is 9.73 Å². The molecule has 1 aromatic carbocycles. The number of benzene rings is 1. The molecule has 24 heavy (non-hydrogen) atoms. The molecule has 0 unspecified atom stereocenters. The molecular weight excluding hydrogens is 328 g/mol.